The molecule has 0 atom stereocenters. The number of hydrogen-bond acceptors (Lipinski definition) is 3. The number of hydrogen-bond donors (Lipinski definition) is 3. The fourth-order valence-electron chi connectivity index (χ4n) is 2.70. The first-order valence-electron chi connectivity index (χ1n) is 6.74. The molecule has 0 aromatic carbocycles. The molecular formula is C13H25N3O2. The predicted molar refractivity (Wildman–Crippen MR) is 71.4 cm³/mol. The molecule has 1 saturated carbocycles. The van der Waals surface area contributed by atoms with Crippen LogP contribution in [-0.2, 0) is 4.79 Å². The number of carbonyl (C=O) groups is 1. The fourth-order valence-corrected chi connectivity index (χ4v) is 2.70. The van der Waals surface area contributed by atoms with Gasteiger partial charge in [-0.3, -0.25) is 4.79 Å². The van der Waals surface area contributed by atoms with Crippen LogP contribution in [0.25, 0.3) is 0 Å². The van der Waals surface area contributed by atoms with Crippen LogP contribution < -0.4 is 11.1 Å². The zero-order chi connectivity index (χ0) is 13.8. The van der Waals surface area contributed by atoms with Crippen molar-refractivity contribution in [1.82, 2.24) is 5.32 Å². The minimum Gasteiger partial charge on any atom is -0.409 e. The van der Waals surface area contributed by atoms with Crippen LogP contribution in [0, 0.1) is 5.41 Å². The predicted octanol–water partition coefficient (Wildman–Crippen LogP) is 1.99. The van der Waals surface area contributed by atoms with E-state index in [4.69, 9.17) is 10.9 Å². The van der Waals surface area contributed by atoms with Gasteiger partial charge in [0.2, 0.25) is 5.91 Å². The first-order chi connectivity index (χ1) is 8.44. The minimum atomic E-state index is -0.725. The largest absolute Gasteiger partial charge is 0.409 e. The second-order valence-electron chi connectivity index (χ2n) is 5.50. The normalized spacial score (nSPS) is 19.8. The molecule has 5 nitrogen and oxygen atoms in total. The zero-order valence-electron chi connectivity index (χ0n) is 11.6. The Morgan fingerprint density at radius 2 is 1.89 bits per heavy atom. The molecule has 0 spiro atoms. The number of oxime groups is 1. The van der Waals surface area contributed by atoms with Crippen LogP contribution in [0.1, 0.15) is 59.3 Å². The molecule has 0 saturated heterocycles. The van der Waals surface area contributed by atoms with Crippen LogP contribution in [-0.4, -0.2) is 22.5 Å². The van der Waals surface area contributed by atoms with Gasteiger partial charge in [-0.05, 0) is 25.7 Å². The van der Waals surface area contributed by atoms with Crippen molar-refractivity contribution in [2.24, 2.45) is 16.3 Å². The van der Waals surface area contributed by atoms with E-state index in [1.54, 1.807) is 0 Å². The van der Waals surface area contributed by atoms with Gasteiger partial charge < -0.3 is 16.3 Å². The van der Waals surface area contributed by atoms with E-state index in [1.807, 2.05) is 20.8 Å². The lowest BCUT2D eigenvalue weighted by Gasteiger charge is -2.35. The van der Waals surface area contributed by atoms with Crippen molar-refractivity contribution in [2.45, 2.75) is 64.8 Å². The second kappa shape index (κ2) is 5.59. The number of amides is 1. The minimum absolute atomic E-state index is 0.0234. The van der Waals surface area contributed by atoms with Gasteiger partial charge in [-0.15, -0.1) is 0 Å². The first kappa shape index (κ1) is 14.8. The molecule has 1 amide bonds. The summed E-state index contributed by atoms with van der Waals surface area (Å²) in [6, 6.07) is 0. The monoisotopic (exact) mass is 255 g/mol. The molecule has 0 aliphatic heterocycles. The Hall–Kier alpha value is -1.26. The van der Waals surface area contributed by atoms with Crippen molar-refractivity contribution < 1.29 is 10.0 Å². The number of nitrogens with zero attached hydrogens (tertiary/aromatic N) is 1. The summed E-state index contributed by atoms with van der Waals surface area (Å²) in [4.78, 5) is 12.4. The van der Waals surface area contributed by atoms with E-state index < -0.39 is 5.54 Å². The molecule has 0 aromatic rings. The Bertz CT molecular complexity index is 329. The summed E-state index contributed by atoms with van der Waals surface area (Å²) in [5.74, 6) is 0.109. The molecule has 4 N–H and O–H groups in total. The van der Waals surface area contributed by atoms with E-state index in [2.05, 4.69) is 10.5 Å². The SMILES string of the molecule is CCC(CC)(NC(=O)C1(C)CCCC1)C(N)=NO. The average molecular weight is 255 g/mol. The molecule has 1 rings (SSSR count). The van der Waals surface area contributed by atoms with Gasteiger partial charge in [-0.2, -0.15) is 0 Å². The molecule has 5 heteroatoms. The van der Waals surface area contributed by atoms with E-state index in [0.29, 0.717) is 12.8 Å². The maximum atomic E-state index is 12.4. The Labute approximate surface area is 109 Å². The molecule has 0 bridgehead atoms. The van der Waals surface area contributed by atoms with Crippen molar-refractivity contribution in [3.63, 3.8) is 0 Å². The third-order valence-electron chi connectivity index (χ3n) is 4.41. The van der Waals surface area contributed by atoms with E-state index in [9.17, 15) is 4.79 Å². The maximum absolute atomic E-state index is 12.4. The Kier molecular flexibility index (Phi) is 4.59. The third-order valence-corrected chi connectivity index (χ3v) is 4.41. The van der Waals surface area contributed by atoms with Crippen molar-refractivity contribution in [1.29, 1.82) is 0 Å². The van der Waals surface area contributed by atoms with Gasteiger partial charge in [-0.25, -0.2) is 0 Å². The number of nitrogens with one attached hydrogen (secondary N) is 1. The highest BCUT2D eigenvalue weighted by Crippen LogP contribution is 2.38. The summed E-state index contributed by atoms with van der Waals surface area (Å²) >= 11 is 0. The maximum Gasteiger partial charge on any atom is 0.226 e. The first-order valence-corrected chi connectivity index (χ1v) is 6.74. The quantitative estimate of drug-likeness (QED) is 0.304. The zero-order valence-corrected chi connectivity index (χ0v) is 11.6. The van der Waals surface area contributed by atoms with Gasteiger partial charge in [-0.1, -0.05) is 38.8 Å². The summed E-state index contributed by atoms with van der Waals surface area (Å²) in [7, 11) is 0. The van der Waals surface area contributed by atoms with Crippen molar-refractivity contribution in [3.8, 4) is 0 Å². The summed E-state index contributed by atoms with van der Waals surface area (Å²) in [5, 5.41) is 15.0. The van der Waals surface area contributed by atoms with Crippen LogP contribution >= 0.6 is 0 Å². The van der Waals surface area contributed by atoms with Crippen molar-refractivity contribution in [2.75, 3.05) is 0 Å². The van der Waals surface area contributed by atoms with Gasteiger partial charge >= 0.3 is 0 Å². The van der Waals surface area contributed by atoms with E-state index in [1.165, 1.54) is 0 Å². The smallest absolute Gasteiger partial charge is 0.226 e. The molecule has 0 radical (unpaired) electrons. The molecule has 104 valence electrons. The summed E-state index contributed by atoms with van der Waals surface area (Å²) in [6.45, 7) is 5.86. The highest BCUT2D eigenvalue weighted by Gasteiger charge is 2.41. The van der Waals surface area contributed by atoms with E-state index in [-0.39, 0.29) is 17.2 Å². The number of nitrogens with two attached hydrogens (primary N) is 1. The molecule has 1 aliphatic rings. The van der Waals surface area contributed by atoms with Crippen LogP contribution in [0.3, 0.4) is 0 Å². The van der Waals surface area contributed by atoms with Gasteiger partial charge in [0.1, 0.15) is 5.54 Å². The molecule has 0 heterocycles. The molecule has 1 aliphatic carbocycles. The van der Waals surface area contributed by atoms with Crippen molar-refractivity contribution >= 4 is 11.7 Å². The Balaban J connectivity index is 2.87. The molecular weight excluding hydrogens is 230 g/mol. The number of carbonyl (C=O) groups excluding carboxylic acids is 1. The standard InChI is InChI=1S/C13H25N3O2/c1-4-13(5-2,10(14)16-18)15-11(17)12(3)8-6-7-9-12/h18H,4-9H2,1-3H3,(H2,14,16)(H,15,17). The second-order valence-corrected chi connectivity index (χ2v) is 5.50. The van der Waals surface area contributed by atoms with E-state index >= 15 is 0 Å². The highest BCUT2D eigenvalue weighted by atomic mass is 16.4. The summed E-state index contributed by atoms with van der Waals surface area (Å²) in [6.07, 6.45) is 5.25. The molecule has 0 unspecified atom stereocenters. The highest BCUT2D eigenvalue weighted by molar-refractivity contribution is 5.95. The van der Waals surface area contributed by atoms with Crippen LogP contribution in [0.4, 0.5) is 0 Å². The van der Waals surface area contributed by atoms with Gasteiger partial charge in [0.25, 0.3) is 0 Å². The van der Waals surface area contributed by atoms with E-state index in [0.717, 1.165) is 25.7 Å². The average Bonchev–Trinajstić information content (AvgIpc) is 2.83. The molecule has 1 fully saturated rings. The van der Waals surface area contributed by atoms with Crippen LogP contribution in [0.15, 0.2) is 5.16 Å². The molecule has 18 heavy (non-hydrogen) atoms. The van der Waals surface area contributed by atoms with Gasteiger partial charge in [0.05, 0.1) is 0 Å². The topological polar surface area (TPSA) is 87.7 Å². The summed E-state index contributed by atoms with van der Waals surface area (Å²) in [5.41, 5.74) is 4.72. The van der Waals surface area contributed by atoms with Crippen LogP contribution in [0.5, 0.6) is 0 Å². The lowest BCUT2D eigenvalue weighted by molar-refractivity contribution is -0.131. The van der Waals surface area contributed by atoms with Gasteiger partial charge in [0, 0.05) is 5.41 Å². The number of rotatable bonds is 5. The fraction of sp³-hybridized carbons (Fsp3) is 0.846. The number of amidine groups is 1. The van der Waals surface area contributed by atoms with Crippen LogP contribution in [0.2, 0.25) is 0 Å². The lowest BCUT2D eigenvalue weighted by Crippen LogP contribution is -2.59. The Morgan fingerprint density at radius 1 is 1.39 bits per heavy atom. The third kappa shape index (κ3) is 2.60. The summed E-state index contributed by atoms with van der Waals surface area (Å²) < 4.78 is 0. The Morgan fingerprint density at radius 3 is 2.28 bits per heavy atom. The van der Waals surface area contributed by atoms with Crippen molar-refractivity contribution in [3.05, 3.63) is 0 Å². The lowest BCUT2D eigenvalue weighted by atomic mass is 9.84. The van der Waals surface area contributed by atoms with Gasteiger partial charge in [0.15, 0.2) is 5.84 Å². The molecule has 0 aromatic heterocycles.